The molecule has 0 saturated carbocycles. The third-order valence-corrected chi connectivity index (χ3v) is 2.25. The van der Waals surface area contributed by atoms with E-state index < -0.39 is 0 Å². The summed E-state index contributed by atoms with van der Waals surface area (Å²) < 4.78 is 5.44. The molecule has 16 heavy (non-hydrogen) atoms. The standard InChI is InChI=1S/C12H14N2O2/c13-7-11-5-6-12(16-11)8-14-9-1-3-10(15)4-2-9/h1-6,14-15H,7-8,13H2. The Morgan fingerprint density at radius 1 is 1.06 bits per heavy atom. The number of phenols is 1. The number of rotatable bonds is 4. The van der Waals surface area contributed by atoms with Gasteiger partial charge in [-0.05, 0) is 36.4 Å². The van der Waals surface area contributed by atoms with Gasteiger partial charge in [-0.15, -0.1) is 0 Å². The largest absolute Gasteiger partial charge is 0.508 e. The number of anilines is 1. The van der Waals surface area contributed by atoms with Crippen LogP contribution in [-0.2, 0) is 13.1 Å². The van der Waals surface area contributed by atoms with E-state index in [2.05, 4.69) is 5.32 Å². The number of nitrogens with two attached hydrogens (primary N) is 1. The molecular formula is C12H14N2O2. The Labute approximate surface area is 93.7 Å². The third-order valence-electron chi connectivity index (χ3n) is 2.25. The van der Waals surface area contributed by atoms with E-state index >= 15 is 0 Å². The number of hydrogen-bond donors (Lipinski definition) is 3. The molecule has 4 heteroatoms. The first-order valence-corrected chi connectivity index (χ1v) is 5.08. The minimum atomic E-state index is 0.258. The Bertz CT molecular complexity index is 448. The molecule has 1 heterocycles. The van der Waals surface area contributed by atoms with Gasteiger partial charge in [-0.1, -0.05) is 0 Å². The summed E-state index contributed by atoms with van der Waals surface area (Å²) in [5.41, 5.74) is 6.38. The molecule has 1 aromatic carbocycles. The van der Waals surface area contributed by atoms with Gasteiger partial charge in [-0.25, -0.2) is 0 Å². The fourth-order valence-electron chi connectivity index (χ4n) is 1.40. The SMILES string of the molecule is NCc1ccc(CNc2ccc(O)cc2)o1. The minimum absolute atomic E-state index is 0.258. The number of furan rings is 1. The number of aromatic hydroxyl groups is 1. The Hall–Kier alpha value is -1.94. The normalized spacial score (nSPS) is 10.3. The van der Waals surface area contributed by atoms with Gasteiger partial charge in [0.2, 0.25) is 0 Å². The van der Waals surface area contributed by atoms with Crippen molar-refractivity contribution in [2.75, 3.05) is 5.32 Å². The topological polar surface area (TPSA) is 71.4 Å². The fraction of sp³-hybridized carbons (Fsp3) is 0.167. The van der Waals surface area contributed by atoms with Crippen LogP contribution < -0.4 is 11.1 Å². The lowest BCUT2D eigenvalue weighted by Crippen LogP contribution is -1.98. The number of benzene rings is 1. The second-order valence-electron chi connectivity index (χ2n) is 3.47. The smallest absolute Gasteiger partial charge is 0.123 e. The molecule has 0 aliphatic carbocycles. The highest BCUT2D eigenvalue weighted by Gasteiger charge is 2.00. The molecule has 0 bridgehead atoms. The van der Waals surface area contributed by atoms with Gasteiger partial charge < -0.3 is 20.6 Å². The summed E-state index contributed by atoms with van der Waals surface area (Å²) in [6.45, 7) is 1.02. The summed E-state index contributed by atoms with van der Waals surface area (Å²) in [6.07, 6.45) is 0. The molecule has 0 aliphatic rings. The van der Waals surface area contributed by atoms with Crippen LogP contribution in [0.15, 0.2) is 40.8 Å². The zero-order valence-corrected chi connectivity index (χ0v) is 8.81. The Morgan fingerprint density at radius 2 is 1.75 bits per heavy atom. The van der Waals surface area contributed by atoms with Gasteiger partial charge in [0, 0.05) is 5.69 Å². The highest BCUT2D eigenvalue weighted by atomic mass is 16.3. The first-order chi connectivity index (χ1) is 7.78. The van der Waals surface area contributed by atoms with Crippen molar-refractivity contribution in [2.45, 2.75) is 13.1 Å². The zero-order chi connectivity index (χ0) is 11.4. The summed E-state index contributed by atoms with van der Waals surface area (Å²) in [5.74, 6) is 1.88. The van der Waals surface area contributed by atoms with Crippen molar-refractivity contribution in [1.29, 1.82) is 0 Å². The number of phenolic OH excluding ortho intramolecular Hbond substituents is 1. The van der Waals surface area contributed by atoms with Crippen LogP contribution in [0.4, 0.5) is 5.69 Å². The van der Waals surface area contributed by atoms with Gasteiger partial charge in [0.15, 0.2) is 0 Å². The molecule has 0 fully saturated rings. The van der Waals surface area contributed by atoms with E-state index in [-0.39, 0.29) is 5.75 Å². The highest BCUT2D eigenvalue weighted by molar-refractivity contribution is 5.46. The van der Waals surface area contributed by atoms with E-state index in [1.807, 2.05) is 24.3 Å². The van der Waals surface area contributed by atoms with Crippen molar-refractivity contribution in [3.8, 4) is 5.75 Å². The summed E-state index contributed by atoms with van der Waals surface area (Å²) >= 11 is 0. The van der Waals surface area contributed by atoms with Crippen molar-refractivity contribution < 1.29 is 9.52 Å². The predicted molar refractivity (Wildman–Crippen MR) is 62.0 cm³/mol. The minimum Gasteiger partial charge on any atom is -0.508 e. The molecule has 0 atom stereocenters. The maximum absolute atomic E-state index is 9.12. The van der Waals surface area contributed by atoms with Crippen molar-refractivity contribution >= 4 is 5.69 Å². The van der Waals surface area contributed by atoms with E-state index in [0.717, 1.165) is 17.2 Å². The van der Waals surface area contributed by atoms with Crippen LogP contribution in [0, 0.1) is 0 Å². The van der Waals surface area contributed by atoms with Gasteiger partial charge in [-0.3, -0.25) is 0 Å². The molecule has 0 aliphatic heterocycles. The molecule has 0 saturated heterocycles. The molecule has 84 valence electrons. The van der Waals surface area contributed by atoms with Crippen molar-refractivity contribution in [1.82, 2.24) is 0 Å². The maximum Gasteiger partial charge on any atom is 0.123 e. The summed E-state index contributed by atoms with van der Waals surface area (Å²) in [5, 5.41) is 12.3. The lowest BCUT2D eigenvalue weighted by atomic mass is 10.3. The van der Waals surface area contributed by atoms with E-state index in [0.29, 0.717) is 13.1 Å². The summed E-state index contributed by atoms with van der Waals surface area (Å²) in [6, 6.07) is 10.7. The molecule has 0 unspecified atom stereocenters. The molecule has 0 spiro atoms. The first kappa shape index (κ1) is 10.6. The van der Waals surface area contributed by atoms with Gasteiger partial charge in [0.05, 0.1) is 13.1 Å². The lowest BCUT2D eigenvalue weighted by molar-refractivity contribution is 0.472. The van der Waals surface area contributed by atoms with Crippen LogP contribution in [0.2, 0.25) is 0 Å². The van der Waals surface area contributed by atoms with Gasteiger partial charge in [-0.2, -0.15) is 0 Å². The van der Waals surface area contributed by atoms with Crippen molar-refractivity contribution in [3.05, 3.63) is 47.9 Å². The maximum atomic E-state index is 9.12. The predicted octanol–water partition coefficient (Wildman–Crippen LogP) is 2.06. The first-order valence-electron chi connectivity index (χ1n) is 5.08. The average molecular weight is 218 g/mol. The van der Waals surface area contributed by atoms with E-state index in [1.54, 1.807) is 12.1 Å². The fourth-order valence-corrected chi connectivity index (χ4v) is 1.40. The van der Waals surface area contributed by atoms with Crippen molar-refractivity contribution in [2.24, 2.45) is 5.73 Å². The number of hydrogen-bond acceptors (Lipinski definition) is 4. The van der Waals surface area contributed by atoms with Crippen LogP contribution in [0.5, 0.6) is 5.75 Å². The van der Waals surface area contributed by atoms with Gasteiger partial charge in [0.1, 0.15) is 17.3 Å². The zero-order valence-electron chi connectivity index (χ0n) is 8.81. The monoisotopic (exact) mass is 218 g/mol. The average Bonchev–Trinajstić information content (AvgIpc) is 2.76. The lowest BCUT2D eigenvalue weighted by Gasteiger charge is -2.03. The second-order valence-corrected chi connectivity index (χ2v) is 3.47. The van der Waals surface area contributed by atoms with Crippen LogP contribution in [-0.4, -0.2) is 5.11 Å². The molecule has 2 rings (SSSR count). The quantitative estimate of drug-likeness (QED) is 0.687. The van der Waals surface area contributed by atoms with Crippen LogP contribution in [0.1, 0.15) is 11.5 Å². The molecule has 0 radical (unpaired) electrons. The van der Waals surface area contributed by atoms with Crippen LogP contribution in [0.25, 0.3) is 0 Å². The van der Waals surface area contributed by atoms with E-state index in [4.69, 9.17) is 15.3 Å². The van der Waals surface area contributed by atoms with E-state index in [9.17, 15) is 0 Å². The Balaban J connectivity index is 1.94. The molecule has 4 nitrogen and oxygen atoms in total. The molecular weight excluding hydrogens is 204 g/mol. The van der Waals surface area contributed by atoms with E-state index in [1.165, 1.54) is 0 Å². The highest BCUT2D eigenvalue weighted by Crippen LogP contribution is 2.15. The molecule has 1 aromatic heterocycles. The molecule has 0 amide bonds. The number of nitrogens with one attached hydrogen (secondary N) is 1. The second kappa shape index (κ2) is 4.72. The summed E-state index contributed by atoms with van der Waals surface area (Å²) in [4.78, 5) is 0. The molecule has 4 N–H and O–H groups in total. The van der Waals surface area contributed by atoms with Crippen LogP contribution in [0.3, 0.4) is 0 Å². The molecule has 2 aromatic rings. The van der Waals surface area contributed by atoms with Crippen LogP contribution >= 0.6 is 0 Å². The Kier molecular flexibility index (Phi) is 3.12. The summed E-state index contributed by atoms with van der Waals surface area (Å²) in [7, 11) is 0. The third kappa shape index (κ3) is 2.55. The van der Waals surface area contributed by atoms with Gasteiger partial charge in [0.25, 0.3) is 0 Å². The van der Waals surface area contributed by atoms with Gasteiger partial charge >= 0.3 is 0 Å². The Morgan fingerprint density at radius 3 is 2.38 bits per heavy atom. The van der Waals surface area contributed by atoms with Crippen molar-refractivity contribution in [3.63, 3.8) is 0 Å².